The molecule has 0 fully saturated rings. The van der Waals surface area contributed by atoms with Crippen LogP contribution in [0.2, 0.25) is 0 Å². The van der Waals surface area contributed by atoms with Gasteiger partial charge in [0, 0.05) is 37.2 Å². The van der Waals surface area contributed by atoms with Crippen molar-refractivity contribution in [2.75, 3.05) is 14.2 Å². The Labute approximate surface area is 197 Å². The van der Waals surface area contributed by atoms with E-state index in [0.717, 1.165) is 30.0 Å². The van der Waals surface area contributed by atoms with Crippen LogP contribution in [0.3, 0.4) is 0 Å². The van der Waals surface area contributed by atoms with Crippen LogP contribution in [-0.2, 0) is 42.6 Å². The van der Waals surface area contributed by atoms with E-state index in [1.54, 1.807) is 0 Å². The van der Waals surface area contributed by atoms with E-state index in [-0.39, 0.29) is 16.3 Å². The highest BCUT2D eigenvalue weighted by atomic mass is 35.7. The minimum atomic E-state index is -4.70. The standard InChI is InChI=1S/C10H13F3N2O4S.C7H8ClNO4S/c1-6(10(11,12)13)14-20(17,18)7-4-8(9(16)19-3)15(2)5-7;1-9-4-5(14(8,11)12)3-6(9)7(10)13-2/h4-6,14H,1-3H3;3-4H,1-2H3/t6-;/m1./s1. The Morgan fingerprint density at radius 3 is 1.65 bits per heavy atom. The number of hydrogen-bond acceptors (Lipinski definition) is 8. The molecule has 0 unspecified atom stereocenters. The Morgan fingerprint density at radius 2 is 1.32 bits per heavy atom. The summed E-state index contributed by atoms with van der Waals surface area (Å²) in [6.07, 6.45) is -2.43. The van der Waals surface area contributed by atoms with Gasteiger partial charge in [0.2, 0.25) is 10.0 Å². The van der Waals surface area contributed by atoms with E-state index in [1.807, 2.05) is 0 Å². The highest BCUT2D eigenvalue weighted by molar-refractivity contribution is 8.13. The number of sulfonamides is 1. The van der Waals surface area contributed by atoms with Crippen LogP contribution in [0.4, 0.5) is 13.2 Å². The summed E-state index contributed by atoms with van der Waals surface area (Å²) in [5, 5.41) is 0. The molecular weight excluding hydrogens is 531 g/mol. The van der Waals surface area contributed by atoms with E-state index < -0.39 is 48.1 Å². The Morgan fingerprint density at radius 1 is 0.941 bits per heavy atom. The van der Waals surface area contributed by atoms with E-state index in [2.05, 4.69) is 9.47 Å². The van der Waals surface area contributed by atoms with Crippen molar-refractivity contribution in [2.24, 2.45) is 14.1 Å². The summed E-state index contributed by atoms with van der Waals surface area (Å²) in [5.41, 5.74) is 0.0410. The number of halogens is 4. The van der Waals surface area contributed by atoms with Crippen LogP contribution in [0.15, 0.2) is 34.3 Å². The zero-order chi connectivity index (χ0) is 26.6. The van der Waals surface area contributed by atoms with Crippen LogP contribution < -0.4 is 4.72 Å². The van der Waals surface area contributed by atoms with Crippen LogP contribution in [0.25, 0.3) is 0 Å². The minimum absolute atomic E-state index is 0.0902. The lowest BCUT2D eigenvalue weighted by atomic mass is 10.4. The summed E-state index contributed by atoms with van der Waals surface area (Å²) in [4.78, 5) is 21.8. The minimum Gasteiger partial charge on any atom is -0.464 e. The zero-order valence-electron chi connectivity index (χ0n) is 18.4. The topological polar surface area (TPSA) is 143 Å². The molecule has 34 heavy (non-hydrogen) atoms. The first-order valence-corrected chi connectivity index (χ1v) is 12.7. The molecule has 11 nitrogen and oxygen atoms in total. The smallest absolute Gasteiger partial charge is 0.404 e. The predicted molar refractivity (Wildman–Crippen MR) is 112 cm³/mol. The largest absolute Gasteiger partial charge is 0.464 e. The quantitative estimate of drug-likeness (QED) is 0.423. The molecule has 0 radical (unpaired) electrons. The number of aryl methyl sites for hydroxylation is 2. The van der Waals surface area contributed by atoms with Crippen molar-refractivity contribution in [3.05, 3.63) is 35.9 Å². The summed E-state index contributed by atoms with van der Waals surface area (Å²) in [6.45, 7) is 0.682. The number of esters is 2. The highest BCUT2D eigenvalue weighted by Crippen LogP contribution is 2.22. The third-order valence-electron chi connectivity index (χ3n) is 4.16. The van der Waals surface area contributed by atoms with Gasteiger partial charge in [-0.15, -0.1) is 0 Å². The third kappa shape index (κ3) is 7.48. The fourth-order valence-corrected chi connectivity index (χ4v) is 4.42. The number of carbonyl (C=O) groups is 2. The molecule has 192 valence electrons. The molecule has 0 spiro atoms. The van der Waals surface area contributed by atoms with E-state index in [4.69, 9.17) is 10.7 Å². The van der Waals surface area contributed by atoms with Crippen molar-refractivity contribution in [2.45, 2.75) is 28.9 Å². The van der Waals surface area contributed by atoms with Gasteiger partial charge in [-0.1, -0.05) is 0 Å². The van der Waals surface area contributed by atoms with Crippen molar-refractivity contribution < 1.29 is 49.1 Å². The molecular formula is C17H21ClF3N3O8S2. The molecule has 0 aliphatic carbocycles. The Balaban J connectivity index is 0.000000362. The average Bonchev–Trinajstić information content (AvgIpc) is 3.29. The second kappa shape index (κ2) is 10.8. The van der Waals surface area contributed by atoms with Crippen molar-refractivity contribution in [3.8, 4) is 0 Å². The van der Waals surface area contributed by atoms with E-state index in [0.29, 0.717) is 6.92 Å². The molecule has 17 heteroatoms. The van der Waals surface area contributed by atoms with Crippen molar-refractivity contribution in [1.82, 2.24) is 13.9 Å². The first-order valence-electron chi connectivity index (χ1n) is 8.88. The normalized spacial score (nSPS) is 13.0. The highest BCUT2D eigenvalue weighted by Gasteiger charge is 2.39. The summed E-state index contributed by atoms with van der Waals surface area (Å²) < 4.78 is 95.3. The second-order valence-corrected chi connectivity index (χ2v) is 10.9. The summed E-state index contributed by atoms with van der Waals surface area (Å²) in [5.74, 6) is -1.41. The monoisotopic (exact) mass is 551 g/mol. The molecule has 1 atom stereocenters. The molecule has 0 aromatic carbocycles. The van der Waals surface area contributed by atoms with E-state index in [9.17, 15) is 39.6 Å². The maximum Gasteiger partial charge on any atom is 0.404 e. The lowest BCUT2D eigenvalue weighted by Crippen LogP contribution is -2.42. The molecule has 2 aromatic rings. The Bertz CT molecular complexity index is 1270. The van der Waals surface area contributed by atoms with Gasteiger partial charge in [0.15, 0.2) is 0 Å². The Kier molecular flexibility index (Phi) is 9.36. The molecule has 0 aliphatic rings. The number of nitrogens with zero attached hydrogens (tertiary/aromatic N) is 2. The van der Waals surface area contributed by atoms with Gasteiger partial charge in [0.25, 0.3) is 9.05 Å². The predicted octanol–water partition coefficient (Wildman–Crippen LogP) is 1.78. The molecule has 0 saturated carbocycles. The molecule has 2 aromatic heterocycles. The number of aromatic nitrogens is 2. The summed E-state index contributed by atoms with van der Waals surface area (Å²) in [7, 11) is 2.13. The zero-order valence-corrected chi connectivity index (χ0v) is 20.8. The summed E-state index contributed by atoms with van der Waals surface area (Å²) in [6, 6.07) is -0.139. The molecule has 0 saturated heterocycles. The van der Waals surface area contributed by atoms with Crippen LogP contribution >= 0.6 is 10.7 Å². The number of hydrogen-bond donors (Lipinski definition) is 1. The number of nitrogens with one attached hydrogen (secondary N) is 1. The maximum absolute atomic E-state index is 12.4. The molecule has 0 aliphatic heterocycles. The Hall–Kier alpha value is -2.56. The molecule has 2 heterocycles. The number of alkyl halides is 3. The van der Waals surface area contributed by atoms with Crippen molar-refractivity contribution in [1.29, 1.82) is 0 Å². The van der Waals surface area contributed by atoms with Crippen LogP contribution in [0.1, 0.15) is 27.9 Å². The van der Waals surface area contributed by atoms with Crippen LogP contribution in [0, 0.1) is 0 Å². The van der Waals surface area contributed by atoms with E-state index in [1.165, 1.54) is 36.7 Å². The maximum atomic E-state index is 12.4. The van der Waals surface area contributed by atoms with Gasteiger partial charge in [0.1, 0.15) is 27.2 Å². The van der Waals surface area contributed by atoms with E-state index >= 15 is 0 Å². The molecule has 0 bridgehead atoms. The number of methoxy groups -OCH3 is 2. The van der Waals surface area contributed by atoms with Crippen LogP contribution in [-0.4, -0.2) is 64.3 Å². The molecule has 1 N–H and O–H groups in total. The van der Waals surface area contributed by atoms with Gasteiger partial charge in [-0.25, -0.2) is 26.4 Å². The lowest BCUT2D eigenvalue weighted by Gasteiger charge is -2.16. The second-order valence-electron chi connectivity index (χ2n) is 6.65. The third-order valence-corrected chi connectivity index (χ3v) is 6.99. The SMILES string of the molecule is COC(=O)c1cc(S(=O)(=O)Cl)cn1C.COC(=O)c1cc(S(=O)(=O)N[C@H](C)C(F)(F)F)cn1C. The number of rotatable bonds is 6. The lowest BCUT2D eigenvalue weighted by molar-refractivity contribution is -0.147. The van der Waals surface area contributed by atoms with Gasteiger partial charge in [-0.2, -0.15) is 17.9 Å². The molecule has 2 rings (SSSR count). The van der Waals surface area contributed by atoms with Gasteiger partial charge in [-0.3, -0.25) is 0 Å². The molecule has 0 amide bonds. The van der Waals surface area contributed by atoms with Gasteiger partial charge < -0.3 is 18.6 Å². The van der Waals surface area contributed by atoms with Crippen molar-refractivity contribution in [3.63, 3.8) is 0 Å². The summed E-state index contributed by atoms with van der Waals surface area (Å²) >= 11 is 0. The van der Waals surface area contributed by atoms with Gasteiger partial charge >= 0.3 is 18.1 Å². The number of ether oxygens (including phenoxy) is 2. The van der Waals surface area contributed by atoms with Gasteiger partial charge in [0.05, 0.1) is 14.2 Å². The average molecular weight is 552 g/mol. The first kappa shape index (κ1) is 29.5. The fourth-order valence-electron chi connectivity index (χ4n) is 2.33. The van der Waals surface area contributed by atoms with Crippen molar-refractivity contribution >= 4 is 41.7 Å². The van der Waals surface area contributed by atoms with Gasteiger partial charge in [-0.05, 0) is 19.1 Å². The first-order chi connectivity index (χ1) is 15.3. The fraction of sp³-hybridized carbons (Fsp3) is 0.412. The number of carbonyl (C=O) groups excluding carboxylic acids is 2. The van der Waals surface area contributed by atoms with Crippen LogP contribution in [0.5, 0.6) is 0 Å².